The Morgan fingerprint density at radius 1 is 1.40 bits per heavy atom. The first-order valence-corrected chi connectivity index (χ1v) is 6.01. The van der Waals surface area contributed by atoms with E-state index in [1.165, 1.54) is 0 Å². The molecule has 0 amide bonds. The van der Waals surface area contributed by atoms with Gasteiger partial charge in [-0.2, -0.15) is 0 Å². The summed E-state index contributed by atoms with van der Waals surface area (Å²) in [4.78, 5) is 4.34. The topological polar surface area (TPSA) is 48.1 Å². The van der Waals surface area contributed by atoms with E-state index in [1.807, 2.05) is 12.1 Å². The van der Waals surface area contributed by atoms with Gasteiger partial charge in [0.15, 0.2) is 0 Å². The summed E-state index contributed by atoms with van der Waals surface area (Å²) in [7, 11) is 0. The minimum atomic E-state index is 0.0435. The minimum Gasteiger partial charge on any atom is -0.381 e. The summed E-state index contributed by atoms with van der Waals surface area (Å²) >= 11 is 3.37. The fraction of sp³-hybridized carbons (Fsp3) is 0.545. The lowest BCUT2D eigenvalue weighted by molar-refractivity contribution is 0.0579. The number of hydrogen-bond acceptors (Lipinski definition) is 3. The first-order valence-electron chi connectivity index (χ1n) is 5.22. The molecular formula is C11H15BrN2O. The molecule has 0 aliphatic carbocycles. The van der Waals surface area contributed by atoms with Gasteiger partial charge in [0.05, 0.1) is 5.69 Å². The number of halogens is 1. The predicted molar refractivity (Wildman–Crippen MR) is 62.4 cm³/mol. The first kappa shape index (κ1) is 11.0. The molecule has 1 atom stereocenters. The molecule has 3 nitrogen and oxygen atoms in total. The van der Waals surface area contributed by atoms with Crippen LogP contribution in [0.25, 0.3) is 0 Å². The van der Waals surface area contributed by atoms with Crippen LogP contribution in [-0.4, -0.2) is 18.2 Å². The van der Waals surface area contributed by atoms with Crippen LogP contribution >= 0.6 is 15.9 Å². The zero-order valence-corrected chi connectivity index (χ0v) is 10.1. The lowest BCUT2D eigenvalue weighted by Crippen LogP contribution is -2.28. The molecule has 2 N–H and O–H groups in total. The normalized spacial score (nSPS) is 20.1. The summed E-state index contributed by atoms with van der Waals surface area (Å²) in [6.45, 7) is 1.66. The molecule has 1 aromatic rings. The standard InChI is InChI=1S/C11H15BrN2O/c12-9-1-2-10(14-7-9)11(13)8-3-5-15-6-4-8/h1-2,7-8,11H,3-6,13H2/t11-/m0/s1. The van der Waals surface area contributed by atoms with Crippen LogP contribution in [0, 0.1) is 5.92 Å². The number of rotatable bonds is 2. The number of hydrogen-bond donors (Lipinski definition) is 1. The Morgan fingerprint density at radius 3 is 2.73 bits per heavy atom. The molecule has 1 fully saturated rings. The van der Waals surface area contributed by atoms with Gasteiger partial charge in [-0.05, 0) is 46.8 Å². The molecule has 1 aromatic heterocycles. The molecule has 0 saturated carbocycles. The summed E-state index contributed by atoms with van der Waals surface area (Å²) in [5, 5.41) is 0. The van der Waals surface area contributed by atoms with Crippen molar-refractivity contribution in [1.82, 2.24) is 4.98 Å². The smallest absolute Gasteiger partial charge is 0.0574 e. The highest BCUT2D eigenvalue weighted by Gasteiger charge is 2.22. The third kappa shape index (κ3) is 2.77. The van der Waals surface area contributed by atoms with Gasteiger partial charge >= 0.3 is 0 Å². The molecule has 0 spiro atoms. The second kappa shape index (κ2) is 5.05. The number of ether oxygens (including phenoxy) is 1. The summed E-state index contributed by atoms with van der Waals surface area (Å²) in [5.74, 6) is 0.507. The zero-order chi connectivity index (χ0) is 10.7. The van der Waals surface area contributed by atoms with E-state index in [4.69, 9.17) is 10.5 Å². The third-order valence-electron chi connectivity index (χ3n) is 2.87. The van der Waals surface area contributed by atoms with E-state index in [0.29, 0.717) is 5.92 Å². The largest absolute Gasteiger partial charge is 0.381 e. The summed E-state index contributed by atoms with van der Waals surface area (Å²) in [6, 6.07) is 4.02. The number of pyridine rings is 1. The Hall–Kier alpha value is -0.450. The summed E-state index contributed by atoms with van der Waals surface area (Å²) in [6.07, 6.45) is 3.88. The van der Waals surface area contributed by atoms with Crippen LogP contribution in [0.4, 0.5) is 0 Å². The highest BCUT2D eigenvalue weighted by atomic mass is 79.9. The lowest BCUT2D eigenvalue weighted by atomic mass is 9.90. The number of nitrogens with two attached hydrogens (primary N) is 1. The molecule has 0 unspecified atom stereocenters. The Balaban J connectivity index is 2.05. The highest BCUT2D eigenvalue weighted by molar-refractivity contribution is 9.10. The van der Waals surface area contributed by atoms with Gasteiger partial charge in [-0.1, -0.05) is 0 Å². The lowest BCUT2D eigenvalue weighted by Gasteiger charge is -2.27. The fourth-order valence-electron chi connectivity index (χ4n) is 1.90. The van der Waals surface area contributed by atoms with Gasteiger partial charge in [-0.15, -0.1) is 0 Å². The molecule has 1 aliphatic heterocycles. The van der Waals surface area contributed by atoms with Crippen LogP contribution in [0.5, 0.6) is 0 Å². The second-order valence-corrected chi connectivity index (χ2v) is 4.79. The maximum absolute atomic E-state index is 6.19. The van der Waals surface area contributed by atoms with E-state index in [2.05, 4.69) is 20.9 Å². The fourth-order valence-corrected chi connectivity index (χ4v) is 2.14. The average molecular weight is 271 g/mol. The van der Waals surface area contributed by atoms with Gasteiger partial charge in [0, 0.05) is 29.9 Å². The van der Waals surface area contributed by atoms with Gasteiger partial charge in [0.25, 0.3) is 0 Å². The van der Waals surface area contributed by atoms with Crippen LogP contribution in [-0.2, 0) is 4.74 Å². The van der Waals surface area contributed by atoms with Crippen molar-refractivity contribution >= 4 is 15.9 Å². The van der Waals surface area contributed by atoms with E-state index in [-0.39, 0.29) is 6.04 Å². The zero-order valence-electron chi connectivity index (χ0n) is 8.53. The Bertz CT molecular complexity index is 309. The Morgan fingerprint density at radius 2 is 2.13 bits per heavy atom. The second-order valence-electron chi connectivity index (χ2n) is 3.88. The monoisotopic (exact) mass is 270 g/mol. The molecule has 0 aromatic carbocycles. The van der Waals surface area contributed by atoms with Crippen molar-refractivity contribution in [3.05, 3.63) is 28.5 Å². The van der Waals surface area contributed by atoms with Crippen LogP contribution in [0.2, 0.25) is 0 Å². The Labute approximate surface area is 98.2 Å². The van der Waals surface area contributed by atoms with E-state index in [1.54, 1.807) is 6.20 Å². The average Bonchev–Trinajstić information content (AvgIpc) is 2.30. The molecule has 0 bridgehead atoms. The predicted octanol–water partition coefficient (Wildman–Crippen LogP) is 2.27. The van der Waals surface area contributed by atoms with Gasteiger partial charge in [0.1, 0.15) is 0 Å². The van der Waals surface area contributed by atoms with Crippen LogP contribution in [0.1, 0.15) is 24.6 Å². The molecule has 1 saturated heterocycles. The quantitative estimate of drug-likeness (QED) is 0.897. The summed E-state index contributed by atoms with van der Waals surface area (Å²) < 4.78 is 6.31. The van der Waals surface area contributed by atoms with Gasteiger partial charge in [-0.3, -0.25) is 4.98 Å². The van der Waals surface area contributed by atoms with Crippen LogP contribution < -0.4 is 5.73 Å². The van der Waals surface area contributed by atoms with Gasteiger partial charge in [-0.25, -0.2) is 0 Å². The van der Waals surface area contributed by atoms with E-state index >= 15 is 0 Å². The van der Waals surface area contributed by atoms with Crippen molar-refractivity contribution in [2.75, 3.05) is 13.2 Å². The molecule has 2 heterocycles. The molecule has 4 heteroatoms. The Kier molecular flexibility index (Phi) is 3.72. The van der Waals surface area contributed by atoms with Gasteiger partial charge in [0.2, 0.25) is 0 Å². The number of nitrogens with zero attached hydrogens (tertiary/aromatic N) is 1. The van der Waals surface area contributed by atoms with Crippen molar-refractivity contribution in [3.8, 4) is 0 Å². The highest BCUT2D eigenvalue weighted by Crippen LogP contribution is 2.27. The first-order chi connectivity index (χ1) is 7.27. The van der Waals surface area contributed by atoms with Crippen molar-refractivity contribution < 1.29 is 4.74 Å². The van der Waals surface area contributed by atoms with Gasteiger partial charge < -0.3 is 10.5 Å². The number of aromatic nitrogens is 1. The van der Waals surface area contributed by atoms with Crippen molar-refractivity contribution in [3.63, 3.8) is 0 Å². The van der Waals surface area contributed by atoms with E-state index < -0.39 is 0 Å². The van der Waals surface area contributed by atoms with Crippen molar-refractivity contribution in [1.29, 1.82) is 0 Å². The molecule has 2 rings (SSSR count). The maximum Gasteiger partial charge on any atom is 0.0574 e. The van der Waals surface area contributed by atoms with Crippen molar-refractivity contribution in [2.45, 2.75) is 18.9 Å². The molecule has 0 radical (unpaired) electrons. The third-order valence-corrected chi connectivity index (χ3v) is 3.33. The van der Waals surface area contributed by atoms with Crippen LogP contribution in [0.3, 0.4) is 0 Å². The van der Waals surface area contributed by atoms with Crippen LogP contribution in [0.15, 0.2) is 22.8 Å². The molecule has 1 aliphatic rings. The van der Waals surface area contributed by atoms with E-state index in [9.17, 15) is 0 Å². The maximum atomic E-state index is 6.19. The SMILES string of the molecule is N[C@H](c1ccc(Br)cn1)C1CCOCC1. The van der Waals surface area contributed by atoms with Crippen molar-refractivity contribution in [2.24, 2.45) is 11.7 Å². The molecule has 82 valence electrons. The minimum absolute atomic E-state index is 0.0435. The van der Waals surface area contributed by atoms with E-state index in [0.717, 1.165) is 36.2 Å². The molecule has 15 heavy (non-hydrogen) atoms. The summed E-state index contributed by atoms with van der Waals surface area (Å²) in [5.41, 5.74) is 7.16. The molecular weight excluding hydrogens is 256 g/mol.